The molecule has 1 spiro atoms. The number of aromatic nitrogens is 1. The van der Waals surface area contributed by atoms with Crippen LogP contribution in [0.4, 0.5) is 5.69 Å². The smallest absolute Gasteiger partial charge is 0.258 e. The van der Waals surface area contributed by atoms with E-state index in [1.165, 1.54) is 6.07 Å². The van der Waals surface area contributed by atoms with Gasteiger partial charge < -0.3 is 19.9 Å². The number of nitrogens with zero attached hydrogens (tertiary/aromatic N) is 1. The van der Waals surface area contributed by atoms with E-state index in [2.05, 4.69) is 26.1 Å². The second-order valence-corrected chi connectivity index (χ2v) is 10.0. The summed E-state index contributed by atoms with van der Waals surface area (Å²) in [5.41, 5.74) is -7.65. The number of benzene rings is 1. The molecule has 0 fully saturated rings. The van der Waals surface area contributed by atoms with Crippen LogP contribution < -0.4 is 42.4 Å². The number of nitrogens with one attached hydrogen (secondary N) is 1. The van der Waals surface area contributed by atoms with E-state index >= 15 is 0 Å². The molecule has 194 valence electrons. The van der Waals surface area contributed by atoms with Gasteiger partial charge in [-0.05, 0) is 45.6 Å². The number of ether oxygens (including phenoxy) is 1. The fourth-order valence-corrected chi connectivity index (χ4v) is 6.68. The van der Waals surface area contributed by atoms with Crippen molar-refractivity contribution in [3.8, 4) is 5.75 Å². The number of aromatic amines is 1. The number of carbonyl (C=O) groups excluding carboxylic acids is 1. The Morgan fingerprint density at radius 2 is 1.64 bits per heavy atom. The summed E-state index contributed by atoms with van der Waals surface area (Å²) in [5, 5.41) is 23.0. The molecule has 1 aromatic heterocycles. The second kappa shape index (κ2) is 7.86. The maximum absolute atomic E-state index is 13.6. The largest absolute Gasteiger partial charge is 0.510 e. The number of aliphatic hydroxyl groups is 2. The van der Waals surface area contributed by atoms with Gasteiger partial charge in [0.2, 0.25) is 16.3 Å². The molecule has 39 heavy (non-hydrogen) atoms. The molecule has 0 saturated carbocycles. The van der Waals surface area contributed by atoms with E-state index in [0.717, 1.165) is 13.2 Å². The first-order valence-corrected chi connectivity index (χ1v) is 12.1. The molecule has 6 rings (SSSR count). The Hall–Kier alpha value is -4.78. The second-order valence-electron chi connectivity index (χ2n) is 9.23. The molecular weight excluding hydrogens is 580 g/mol. The van der Waals surface area contributed by atoms with Crippen molar-refractivity contribution in [3.63, 3.8) is 0 Å². The molecule has 0 aliphatic heterocycles. The van der Waals surface area contributed by atoms with Gasteiger partial charge in [-0.3, -0.25) is 28.8 Å². The summed E-state index contributed by atoms with van der Waals surface area (Å²) in [6.45, 7) is 0. The van der Waals surface area contributed by atoms with E-state index in [1.54, 1.807) is 0 Å². The summed E-state index contributed by atoms with van der Waals surface area (Å²) >= 11 is 3.38. The Morgan fingerprint density at radius 3 is 2.23 bits per heavy atom. The van der Waals surface area contributed by atoms with Crippen LogP contribution in [0.3, 0.4) is 0 Å². The zero-order valence-corrected chi connectivity index (χ0v) is 21.2. The van der Waals surface area contributed by atoms with E-state index < -0.39 is 76.5 Å². The van der Waals surface area contributed by atoms with Crippen LogP contribution >= 0.6 is 15.9 Å². The van der Waals surface area contributed by atoms with E-state index in [1.807, 2.05) is 0 Å². The standard InChI is InChI=1S/C26H13BrN2O10/c1-39-11-5-10(31)13-14(20(11)32)22(34)16-15(21(13)33)23(35)26(24(16)36)3-2-8-17(26)19(29-38)12-9(18(8)27)4-7(6-30)28-25(12)37/h4-6,35-36H,2-3H2,1H3,(H,28,37). The summed E-state index contributed by atoms with van der Waals surface area (Å²) < 4.78 is 5.13. The molecule has 3 N–H and O–H groups in total. The number of halogens is 1. The van der Waals surface area contributed by atoms with Crippen molar-refractivity contribution in [2.24, 2.45) is 5.18 Å². The highest BCUT2D eigenvalue weighted by Crippen LogP contribution is 2.56. The lowest BCUT2D eigenvalue weighted by Gasteiger charge is -2.27. The number of nitroso groups, excluding NO2 is 1. The molecule has 1 aromatic carbocycles. The minimum atomic E-state index is -2.06. The highest BCUT2D eigenvalue weighted by atomic mass is 79.9. The molecule has 0 bridgehead atoms. The van der Waals surface area contributed by atoms with Gasteiger partial charge in [-0.1, -0.05) is 0 Å². The first-order valence-electron chi connectivity index (χ1n) is 11.3. The van der Waals surface area contributed by atoms with Crippen LogP contribution in [0.2, 0.25) is 0 Å². The monoisotopic (exact) mass is 592 g/mol. The van der Waals surface area contributed by atoms with Gasteiger partial charge in [0.25, 0.3) is 5.56 Å². The van der Waals surface area contributed by atoms with Crippen LogP contribution in [0.25, 0.3) is 22.3 Å². The number of aldehydes is 1. The van der Waals surface area contributed by atoms with Gasteiger partial charge in [-0.2, -0.15) is 0 Å². The molecule has 4 aliphatic carbocycles. The molecule has 0 radical (unpaired) electrons. The third-order valence-corrected chi connectivity index (χ3v) is 8.50. The van der Waals surface area contributed by atoms with Gasteiger partial charge in [-0.25, -0.2) is 0 Å². The zero-order valence-electron chi connectivity index (χ0n) is 19.6. The number of hydrogen-bond donors (Lipinski definition) is 3. The van der Waals surface area contributed by atoms with Crippen LogP contribution in [-0.4, -0.2) is 28.6 Å². The normalized spacial score (nSPS) is 17.7. The van der Waals surface area contributed by atoms with Crippen molar-refractivity contribution in [2.75, 3.05) is 7.11 Å². The first-order chi connectivity index (χ1) is 18.5. The SMILES string of the molecule is COc1cc(=O)c2c(=O)c3c(c(=O)c=2c1=O)=C(O)C1(CCc2c1c(N=O)c1c(=O)[nH]c(C=O)cc1c2Br)C=3O. The van der Waals surface area contributed by atoms with Gasteiger partial charge >= 0.3 is 0 Å². The van der Waals surface area contributed by atoms with E-state index in [-0.39, 0.29) is 39.3 Å². The van der Waals surface area contributed by atoms with Crippen LogP contribution in [0, 0.1) is 15.3 Å². The number of hydrogen-bond acceptors (Lipinski definition) is 11. The summed E-state index contributed by atoms with van der Waals surface area (Å²) in [6, 6.07) is 2.08. The van der Waals surface area contributed by atoms with Gasteiger partial charge in [-0.15, -0.1) is 4.91 Å². The van der Waals surface area contributed by atoms with E-state index in [9.17, 15) is 43.9 Å². The van der Waals surface area contributed by atoms with Crippen LogP contribution in [0.1, 0.15) is 28.0 Å². The van der Waals surface area contributed by atoms with E-state index in [4.69, 9.17) is 4.74 Å². The Balaban J connectivity index is 1.89. The summed E-state index contributed by atoms with van der Waals surface area (Å²) in [7, 11) is 1.10. The summed E-state index contributed by atoms with van der Waals surface area (Å²) in [4.78, 5) is 91.4. The Kier molecular flexibility index (Phi) is 4.95. The van der Waals surface area contributed by atoms with Crippen LogP contribution in [0.15, 0.2) is 45.8 Å². The fourth-order valence-electron chi connectivity index (χ4n) is 5.97. The van der Waals surface area contributed by atoms with Gasteiger partial charge in [0.05, 0.1) is 39.1 Å². The molecule has 1 atom stereocenters. The lowest BCUT2D eigenvalue weighted by Crippen LogP contribution is -2.51. The van der Waals surface area contributed by atoms with E-state index in [0.29, 0.717) is 11.8 Å². The molecular formula is C26H13BrN2O10. The Bertz CT molecular complexity index is 2350. The molecule has 2 aromatic rings. The molecule has 0 amide bonds. The molecule has 1 unspecified atom stereocenters. The fraction of sp³-hybridized carbons (Fsp3) is 0.154. The van der Waals surface area contributed by atoms with Crippen LogP contribution in [0.5, 0.6) is 5.75 Å². The van der Waals surface area contributed by atoms with Gasteiger partial charge in [0, 0.05) is 21.5 Å². The molecule has 0 saturated heterocycles. The number of rotatable bonds is 3. The third kappa shape index (κ3) is 2.71. The van der Waals surface area contributed by atoms with Gasteiger partial charge in [0.15, 0.2) is 17.5 Å². The first kappa shape index (κ1) is 24.6. The lowest BCUT2D eigenvalue weighted by molar-refractivity contribution is 0.111. The molecule has 1 heterocycles. The predicted octanol–water partition coefficient (Wildman–Crippen LogP) is -0.219. The Labute approximate surface area is 221 Å². The van der Waals surface area contributed by atoms with Crippen molar-refractivity contribution in [1.82, 2.24) is 4.98 Å². The minimum absolute atomic E-state index is 0.0645. The van der Waals surface area contributed by atoms with Crippen molar-refractivity contribution < 1.29 is 19.7 Å². The summed E-state index contributed by atoms with van der Waals surface area (Å²) in [5.74, 6) is -2.13. The number of pyridine rings is 1. The highest BCUT2D eigenvalue weighted by molar-refractivity contribution is 9.10. The molecule has 13 heteroatoms. The number of H-pyrrole nitrogens is 1. The number of methoxy groups -OCH3 is 1. The Morgan fingerprint density at radius 1 is 1.00 bits per heavy atom. The zero-order chi connectivity index (χ0) is 28.1. The topological polar surface area (TPSA) is 197 Å². The maximum atomic E-state index is 13.6. The van der Waals surface area contributed by atoms with Crippen LogP contribution in [-0.2, 0) is 11.8 Å². The molecule has 12 nitrogen and oxygen atoms in total. The average molecular weight is 593 g/mol. The number of carbonyl (C=O) groups is 1. The minimum Gasteiger partial charge on any atom is -0.510 e. The van der Waals surface area contributed by atoms with Crippen molar-refractivity contribution in [2.45, 2.75) is 18.3 Å². The number of aliphatic hydroxyl groups excluding tert-OH is 2. The quantitative estimate of drug-likeness (QED) is 0.211. The summed E-state index contributed by atoms with van der Waals surface area (Å²) in [6.07, 6.45) is 0.301. The third-order valence-electron chi connectivity index (χ3n) is 7.60. The van der Waals surface area contributed by atoms with Crippen molar-refractivity contribution in [1.29, 1.82) is 0 Å². The van der Waals surface area contributed by atoms with Gasteiger partial charge in [0.1, 0.15) is 22.6 Å². The highest BCUT2D eigenvalue weighted by Gasteiger charge is 2.53. The predicted molar refractivity (Wildman–Crippen MR) is 140 cm³/mol. The van der Waals surface area contributed by atoms with Crippen molar-refractivity contribution in [3.05, 3.63) is 110 Å². The average Bonchev–Trinajstić information content (AvgIpc) is 3.42. The molecule has 4 aliphatic rings. The number of fused-ring (bicyclic) bond motifs is 4. The maximum Gasteiger partial charge on any atom is 0.258 e. The van der Waals surface area contributed by atoms with Crippen molar-refractivity contribution >= 4 is 50.2 Å². The lowest BCUT2D eigenvalue weighted by atomic mass is 9.78.